The largest absolute Gasteiger partial charge is 0.396 e. The smallest absolute Gasteiger partial charge is 0.0505 e. The van der Waals surface area contributed by atoms with Crippen molar-refractivity contribution in [2.24, 2.45) is 27.9 Å². The van der Waals surface area contributed by atoms with Crippen molar-refractivity contribution >= 4 is 0 Å². The molecule has 2 aliphatic rings. The molecule has 0 aromatic carbocycles. The van der Waals surface area contributed by atoms with E-state index in [0.29, 0.717) is 17.4 Å². The molecule has 2 saturated carbocycles. The number of aliphatic hydroxyl groups excluding tert-OH is 1. The van der Waals surface area contributed by atoms with Crippen LogP contribution in [0, 0.1) is 22.2 Å². The Morgan fingerprint density at radius 2 is 2.00 bits per heavy atom. The molecule has 0 saturated heterocycles. The summed E-state index contributed by atoms with van der Waals surface area (Å²) in [6.07, 6.45) is 5.00. The van der Waals surface area contributed by atoms with Crippen LogP contribution in [0.5, 0.6) is 0 Å². The lowest BCUT2D eigenvalue weighted by Crippen LogP contribution is -2.37. The highest BCUT2D eigenvalue weighted by Crippen LogP contribution is 2.73. The molecule has 2 aliphatic carbocycles. The molecule has 0 aliphatic heterocycles. The minimum atomic E-state index is 0.0723. The second-order valence-corrected chi connectivity index (χ2v) is 6.74. The summed E-state index contributed by atoms with van der Waals surface area (Å²) in [5.41, 5.74) is 6.80. The van der Waals surface area contributed by atoms with Gasteiger partial charge in [0.1, 0.15) is 0 Å². The summed E-state index contributed by atoms with van der Waals surface area (Å²) in [5.74, 6) is 0.719. The molecule has 88 valence electrons. The standard InChI is InChI=1S/C13H25NO/c1-10-6-11(2,3)4-5-13(10)7-12(13,8-14)9-15/h10,15H,4-9,14H2,1-3H3. The topological polar surface area (TPSA) is 46.2 Å². The Balaban J connectivity index is 2.14. The maximum absolute atomic E-state index is 9.54. The van der Waals surface area contributed by atoms with Gasteiger partial charge in [0.25, 0.3) is 0 Å². The molecule has 3 unspecified atom stereocenters. The minimum absolute atomic E-state index is 0.0723. The highest BCUT2D eigenvalue weighted by molar-refractivity contribution is 5.18. The van der Waals surface area contributed by atoms with Crippen LogP contribution in [0.3, 0.4) is 0 Å². The molecule has 0 radical (unpaired) electrons. The van der Waals surface area contributed by atoms with Crippen molar-refractivity contribution in [2.45, 2.75) is 46.5 Å². The zero-order chi connectivity index (χ0) is 11.3. The van der Waals surface area contributed by atoms with E-state index in [1.807, 2.05) is 0 Å². The van der Waals surface area contributed by atoms with E-state index in [-0.39, 0.29) is 12.0 Å². The zero-order valence-corrected chi connectivity index (χ0v) is 10.3. The van der Waals surface area contributed by atoms with Crippen molar-refractivity contribution in [2.75, 3.05) is 13.2 Å². The quantitative estimate of drug-likeness (QED) is 0.735. The van der Waals surface area contributed by atoms with Crippen LogP contribution in [0.1, 0.15) is 46.5 Å². The molecular formula is C13H25NO. The average Bonchev–Trinajstić information content (AvgIpc) is 2.83. The summed E-state index contributed by atoms with van der Waals surface area (Å²) < 4.78 is 0. The van der Waals surface area contributed by atoms with E-state index in [0.717, 1.165) is 12.3 Å². The monoisotopic (exact) mass is 211 g/mol. The van der Waals surface area contributed by atoms with E-state index in [1.54, 1.807) is 0 Å². The Labute approximate surface area is 93.2 Å². The van der Waals surface area contributed by atoms with Crippen molar-refractivity contribution in [1.29, 1.82) is 0 Å². The van der Waals surface area contributed by atoms with Gasteiger partial charge in [0.15, 0.2) is 0 Å². The minimum Gasteiger partial charge on any atom is -0.396 e. The van der Waals surface area contributed by atoms with E-state index >= 15 is 0 Å². The fourth-order valence-electron chi connectivity index (χ4n) is 4.10. The number of nitrogens with two attached hydrogens (primary N) is 1. The van der Waals surface area contributed by atoms with E-state index in [1.165, 1.54) is 19.3 Å². The second-order valence-electron chi connectivity index (χ2n) is 6.74. The Morgan fingerprint density at radius 3 is 2.40 bits per heavy atom. The number of hydrogen-bond acceptors (Lipinski definition) is 2. The van der Waals surface area contributed by atoms with Crippen LogP contribution in [0.2, 0.25) is 0 Å². The summed E-state index contributed by atoms with van der Waals surface area (Å²) in [6.45, 7) is 8.03. The third kappa shape index (κ3) is 1.45. The van der Waals surface area contributed by atoms with E-state index in [4.69, 9.17) is 5.73 Å². The Hall–Kier alpha value is -0.0800. The highest BCUT2D eigenvalue weighted by atomic mass is 16.3. The Bertz CT molecular complexity index is 257. The van der Waals surface area contributed by atoms with Crippen LogP contribution in [0.25, 0.3) is 0 Å². The van der Waals surface area contributed by atoms with Crippen molar-refractivity contribution < 1.29 is 5.11 Å². The summed E-state index contributed by atoms with van der Waals surface area (Å²) >= 11 is 0. The van der Waals surface area contributed by atoms with Crippen LogP contribution in [-0.4, -0.2) is 18.3 Å². The summed E-state index contributed by atoms with van der Waals surface area (Å²) in [7, 11) is 0. The molecule has 3 atom stereocenters. The maximum Gasteiger partial charge on any atom is 0.0505 e. The van der Waals surface area contributed by atoms with Gasteiger partial charge >= 0.3 is 0 Å². The van der Waals surface area contributed by atoms with Crippen LogP contribution in [-0.2, 0) is 0 Å². The molecule has 2 rings (SSSR count). The molecule has 1 spiro atoms. The van der Waals surface area contributed by atoms with Crippen molar-refractivity contribution in [3.05, 3.63) is 0 Å². The first-order valence-electron chi connectivity index (χ1n) is 6.22. The molecule has 2 fully saturated rings. The third-order valence-corrected chi connectivity index (χ3v) is 5.33. The fraction of sp³-hybridized carbons (Fsp3) is 1.00. The van der Waals surface area contributed by atoms with Crippen LogP contribution in [0.4, 0.5) is 0 Å². The van der Waals surface area contributed by atoms with Crippen LogP contribution >= 0.6 is 0 Å². The molecule has 15 heavy (non-hydrogen) atoms. The summed E-state index contributed by atoms with van der Waals surface area (Å²) in [4.78, 5) is 0. The predicted molar refractivity (Wildman–Crippen MR) is 62.4 cm³/mol. The molecule has 0 bridgehead atoms. The van der Waals surface area contributed by atoms with E-state index in [9.17, 15) is 5.11 Å². The molecular weight excluding hydrogens is 186 g/mol. The van der Waals surface area contributed by atoms with Gasteiger partial charge in [-0.25, -0.2) is 0 Å². The zero-order valence-electron chi connectivity index (χ0n) is 10.3. The van der Waals surface area contributed by atoms with Crippen molar-refractivity contribution in [3.63, 3.8) is 0 Å². The van der Waals surface area contributed by atoms with E-state index < -0.39 is 0 Å². The van der Waals surface area contributed by atoms with Gasteiger partial charge in [-0.15, -0.1) is 0 Å². The van der Waals surface area contributed by atoms with Gasteiger partial charge in [-0.3, -0.25) is 0 Å². The molecule has 0 heterocycles. The van der Waals surface area contributed by atoms with Gasteiger partial charge in [0.05, 0.1) is 6.61 Å². The lowest BCUT2D eigenvalue weighted by atomic mass is 9.63. The molecule has 0 amide bonds. The SMILES string of the molecule is CC1CC(C)(C)CCC12CC2(CN)CO. The maximum atomic E-state index is 9.54. The summed E-state index contributed by atoms with van der Waals surface area (Å²) in [6, 6.07) is 0. The average molecular weight is 211 g/mol. The first-order valence-corrected chi connectivity index (χ1v) is 6.22. The van der Waals surface area contributed by atoms with E-state index in [2.05, 4.69) is 20.8 Å². The number of aliphatic hydroxyl groups is 1. The van der Waals surface area contributed by atoms with Gasteiger partial charge in [-0.05, 0) is 42.4 Å². The molecule has 2 heteroatoms. The molecule has 0 aromatic rings. The van der Waals surface area contributed by atoms with Gasteiger partial charge in [0, 0.05) is 12.0 Å². The van der Waals surface area contributed by atoms with Gasteiger partial charge in [-0.2, -0.15) is 0 Å². The first-order chi connectivity index (χ1) is 6.91. The normalized spacial score (nSPS) is 48.2. The van der Waals surface area contributed by atoms with Crippen molar-refractivity contribution in [1.82, 2.24) is 0 Å². The molecule has 3 N–H and O–H groups in total. The molecule has 2 nitrogen and oxygen atoms in total. The molecule has 0 aromatic heterocycles. The fourth-order valence-corrected chi connectivity index (χ4v) is 4.10. The first kappa shape index (κ1) is 11.4. The predicted octanol–water partition coefficient (Wildman–Crippen LogP) is 2.16. The lowest BCUT2D eigenvalue weighted by molar-refractivity contribution is 0.0601. The third-order valence-electron chi connectivity index (χ3n) is 5.33. The van der Waals surface area contributed by atoms with Crippen LogP contribution in [0.15, 0.2) is 0 Å². The summed E-state index contributed by atoms with van der Waals surface area (Å²) in [5, 5.41) is 9.54. The number of hydrogen-bond donors (Lipinski definition) is 2. The van der Waals surface area contributed by atoms with Gasteiger partial charge in [-0.1, -0.05) is 20.8 Å². The lowest BCUT2D eigenvalue weighted by Gasteiger charge is -2.42. The second kappa shape index (κ2) is 3.21. The number of rotatable bonds is 2. The Kier molecular flexibility index (Phi) is 2.44. The van der Waals surface area contributed by atoms with Gasteiger partial charge in [0.2, 0.25) is 0 Å². The van der Waals surface area contributed by atoms with Crippen molar-refractivity contribution in [3.8, 4) is 0 Å². The highest BCUT2D eigenvalue weighted by Gasteiger charge is 2.69. The Morgan fingerprint density at radius 1 is 1.33 bits per heavy atom. The van der Waals surface area contributed by atoms with Gasteiger partial charge < -0.3 is 10.8 Å². The van der Waals surface area contributed by atoms with Crippen LogP contribution < -0.4 is 5.73 Å².